The van der Waals surface area contributed by atoms with E-state index in [4.69, 9.17) is 16.3 Å². The zero-order valence-corrected chi connectivity index (χ0v) is 22.4. The van der Waals surface area contributed by atoms with Crippen LogP contribution in [0.1, 0.15) is 30.0 Å². The van der Waals surface area contributed by atoms with Crippen LogP contribution in [0.15, 0.2) is 78.9 Å². The maximum Gasteiger partial charge on any atom is 0.243 e. The quantitative estimate of drug-likeness (QED) is 0.309. The van der Waals surface area contributed by atoms with Gasteiger partial charge in [0.15, 0.2) is 0 Å². The topological polar surface area (TPSA) is 58.6 Å². The first kappa shape index (κ1) is 27.6. The van der Waals surface area contributed by atoms with Gasteiger partial charge < -0.3 is 15.0 Å². The number of hydrogen-bond acceptors (Lipinski definition) is 4. The third-order valence-corrected chi connectivity index (χ3v) is 6.91. The first-order valence-corrected chi connectivity index (χ1v) is 13.6. The summed E-state index contributed by atoms with van der Waals surface area (Å²) in [5.74, 6) is 1.40. The van der Waals surface area contributed by atoms with Gasteiger partial charge in [-0.15, -0.1) is 11.8 Å². The molecule has 0 aliphatic rings. The van der Waals surface area contributed by atoms with E-state index >= 15 is 0 Å². The Morgan fingerprint density at radius 2 is 1.69 bits per heavy atom. The zero-order chi connectivity index (χ0) is 25.8. The van der Waals surface area contributed by atoms with Crippen molar-refractivity contribution in [1.82, 2.24) is 10.2 Å². The van der Waals surface area contributed by atoms with E-state index in [-0.39, 0.29) is 17.6 Å². The summed E-state index contributed by atoms with van der Waals surface area (Å²) < 4.78 is 5.38. The van der Waals surface area contributed by atoms with Gasteiger partial charge >= 0.3 is 0 Å². The number of benzene rings is 3. The molecular weight excluding hydrogens is 492 g/mol. The highest BCUT2D eigenvalue weighted by atomic mass is 35.5. The fourth-order valence-corrected chi connectivity index (χ4v) is 4.92. The third kappa shape index (κ3) is 8.61. The van der Waals surface area contributed by atoms with E-state index < -0.39 is 6.04 Å². The van der Waals surface area contributed by atoms with Gasteiger partial charge in [-0.1, -0.05) is 73.1 Å². The molecule has 36 heavy (non-hydrogen) atoms. The van der Waals surface area contributed by atoms with Gasteiger partial charge in [-0.2, -0.15) is 0 Å². The van der Waals surface area contributed by atoms with Crippen molar-refractivity contribution < 1.29 is 14.3 Å². The smallest absolute Gasteiger partial charge is 0.243 e. The molecule has 0 aromatic heterocycles. The first-order chi connectivity index (χ1) is 17.5. The van der Waals surface area contributed by atoms with Crippen LogP contribution in [0.25, 0.3) is 0 Å². The van der Waals surface area contributed by atoms with Crippen molar-refractivity contribution in [2.45, 2.75) is 38.1 Å². The van der Waals surface area contributed by atoms with Gasteiger partial charge in [-0.3, -0.25) is 9.59 Å². The molecule has 0 heterocycles. The maximum atomic E-state index is 13.6. The minimum absolute atomic E-state index is 0.0857. The van der Waals surface area contributed by atoms with Gasteiger partial charge in [0.25, 0.3) is 0 Å². The number of hydrogen-bond donors (Lipinski definition) is 1. The molecule has 3 aromatic rings. The SMILES string of the molecule is CCCNC(=O)[C@H](Cc1ccccc1)N(Cc1cccc(OC)c1)C(=O)CSCc1cccc(Cl)c1. The van der Waals surface area contributed by atoms with Gasteiger partial charge in [0, 0.05) is 30.3 Å². The van der Waals surface area contributed by atoms with Crippen molar-refractivity contribution in [2.24, 2.45) is 0 Å². The van der Waals surface area contributed by atoms with E-state index in [0.29, 0.717) is 36.0 Å². The molecule has 1 atom stereocenters. The average molecular weight is 525 g/mol. The Morgan fingerprint density at radius 1 is 0.972 bits per heavy atom. The van der Waals surface area contributed by atoms with E-state index in [2.05, 4.69) is 5.32 Å². The molecule has 0 radical (unpaired) electrons. The highest BCUT2D eigenvalue weighted by molar-refractivity contribution is 7.99. The second kappa shape index (κ2) is 14.6. The molecule has 2 amide bonds. The van der Waals surface area contributed by atoms with Crippen LogP contribution >= 0.6 is 23.4 Å². The molecule has 190 valence electrons. The summed E-state index contributed by atoms with van der Waals surface area (Å²) in [5, 5.41) is 3.68. The summed E-state index contributed by atoms with van der Waals surface area (Å²) in [6, 6.07) is 24.4. The molecule has 0 saturated heterocycles. The Labute approximate surface area is 223 Å². The first-order valence-electron chi connectivity index (χ1n) is 12.1. The van der Waals surface area contributed by atoms with Gasteiger partial charge in [0.05, 0.1) is 12.9 Å². The molecule has 3 aromatic carbocycles. The minimum Gasteiger partial charge on any atom is -0.497 e. The van der Waals surface area contributed by atoms with Crippen LogP contribution < -0.4 is 10.1 Å². The van der Waals surface area contributed by atoms with E-state index in [1.54, 1.807) is 12.0 Å². The molecule has 0 saturated carbocycles. The summed E-state index contributed by atoms with van der Waals surface area (Å²) in [4.78, 5) is 28.7. The molecule has 1 N–H and O–H groups in total. The van der Waals surface area contributed by atoms with Gasteiger partial charge in [-0.25, -0.2) is 0 Å². The Hall–Kier alpha value is -2.96. The molecule has 0 aliphatic heterocycles. The minimum atomic E-state index is -0.635. The van der Waals surface area contributed by atoms with E-state index in [0.717, 1.165) is 23.1 Å². The number of methoxy groups -OCH3 is 1. The lowest BCUT2D eigenvalue weighted by Gasteiger charge is -2.31. The van der Waals surface area contributed by atoms with Crippen LogP contribution in [0, 0.1) is 0 Å². The van der Waals surface area contributed by atoms with Crippen molar-refractivity contribution in [2.75, 3.05) is 19.4 Å². The predicted molar refractivity (Wildman–Crippen MR) is 148 cm³/mol. The number of rotatable bonds is 13. The van der Waals surface area contributed by atoms with E-state index in [1.807, 2.05) is 85.8 Å². The lowest BCUT2D eigenvalue weighted by molar-refractivity contribution is -0.139. The summed E-state index contributed by atoms with van der Waals surface area (Å²) >= 11 is 7.62. The molecule has 3 rings (SSSR count). The molecule has 0 spiro atoms. The van der Waals surface area contributed by atoms with E-state index in [9.17, 15) is 9.59 Å². The lowest BCUT2D eigenvalue weighted by Crippen LogP contribution is -2.51. The Morgan fingerprint density at radius 3 is 2.42 bits per heavy atom. The molecule has 0 unspecified atom stereocenters. The zero-order valence-electron chi connectivity index (χ0n) is 20.8. The summed E-state index contributed by atoms with van der Waals surface area (Å²) in [7, 11) is 1.62. The van der Waals surface area contributed by atoms with Crippen LogP contribution in [-0.2, 0) is 28.3 Å². The number of carbonyl (C=O) groups excluding carboxylic acids is 2. The molecule has 0 bridgehead atoms. The second-order valence-corrected chi connectivity index (χ2v) is 9.91. The van der Waals surface area contributed by atoms with Crippen LogP contribution in [0.5, 0.6) is 5.75 Å². The summed E-state index contributed by atoms with van der Waals surface area (Å²) in [6.07, 6.45) is 1.26. The summed E-state index contributed by atoms with van der Waals surface area (Å²) in [6.45, 7) is 2.89. The van der Waals surface area contributed by atoms with Crippen molar-refractivity contribution >= 4 is 35.2 Å². The van der Waals surface area contributed by atoms with Crippen molar-refractivity contribution in [3.05, 3.63) is 101 Å². The van der Waals surface area contributed by atoms with Gasteiger partial charge in [-0.05, 0) is 47.4 Å². The molecule has 5 nitrogen and oxygen atoms in total. The molecule has 0 fully saturated rings. The van der Waals surface area contributed by atoms with Gasteiger partial charge in [0.2, 0.25) is 11.8 Å². The molecular formula is C29H33ClN2O3S. The predicted octanol–water partition coefficient (Wildman–Crippen LogP) is 5.75. The number of nitrogens with one attached hydrogen (secondary N) is 1. The third-order valence-electron chi connectivity index (χ3n) is 5.69. The monoisotopic (exact) mass is 524 g/mol. The van der Waals surface area contributed by atoms with Crippen LogP contribution in [0.3, 0.4) is 0 Å². The largest absolute Gasteiger partial charge is 0.497 e. The fourth-order valence-electron chi connectivity index (χ4n) is 3.85. The lowest BCUT2D eigenvalue weighted by atomic mass is 10.0. The Bertz CT molecular complexity index is 1130. The van der Waals surface area contributed by atoms with Crippen molar-refractivity contribution in [3.8, 4) is 5.75 Å². The number of thioether (sulfide) groups is 1. The van der Waals surface area contributed by atoms with Crippen molar-refractivity contribution in [1.29, 1.82) is 0 Å². The van der Waals surface area contributed by atoms with Gasteiger partial charge in [0.1, 0.15) is 11.8 Å². The number of amides is 2. The Kier molecular flexibility index (Phi) is 11.2. The Balaban J connectivity index is 1.85. The van der Waals surface area contributed by atoms with Crippen molar-refractivity contribution in [3.63, 3.8) is 0 Å². The maximum absolute atomic E-state index is 13.6. The summed E-state index contributed by atoms with van der Waals surface area (Å²) in [5.41, 5.74) is 2.97. The molecule has 0 aliphatic carbocycles. The number of halogens is 1. The van der Waals surface area contributed by atoms with Crippen LogP contribution in [0.4, 0.5) is 0 Å². The highest BCUT2D eigenvalue weighted by Gasteiger charge is 2.30. The standard InChI is InChI=1S/C29H33ClN2O3S/c1-3-15-31-29(34)27(18-22-9-5-4-6-10-22)32(19-23-11-8-14-26(17-23)35-2)28(33)21-36-20-24-12-7-13-25(30)16-24/h4-14,16-17,27H,3,15,18-21H2,1-2H3,(H,31,34)/t27-/m0/s1. The van der Waals surface area contributed by atoms with Crippen LogP contribution in [-0.4, -0.2) is 42.2 Å². The number of ether oxygens (including phenoxy) is 1. The number of carbonyl (C=O) groups is 2. The molecule has 7 heteroatoms. The normalized spacial score (nSPS) is 11.5. The van der Waals surface area contributed by atoms with Crippen LogP contribution in [0.2, 0.25) is 5.02 Å². The van der Waals surface area contributed by atoms with E-state index in [1.165, 1.54) is 11.8 Å². The fraction of sp³-hybridized carbons (Fsp3) is 0.310. The highest BCUT2D eigenvalue weighted by Crippen LogP contribution is 2.21. The second-order valence-electron chi connectivity index (χ2n) is 8.49. The average Bonchev–Trinajstić information content (AvgIpc) is 2.90. The number of nitrogens with zero attached hydrogens (tertiary/aromatic N) is 1.